The molecule has 5 heteroatoms. The Hall–Kier alpha value is -1.52. The molecule has 0 bridgehead atoms. The molecular weight excluding hydrogens is 192 g/mol. The van der Waals surface area contributed by atoms with Crippen molar-refractivity contribution >= 4 is 6.03 Å². The van der Waals surface area contributed by atoms with Gasteiger partial charge in [0.1, 0.15) is 11.9 Å². The normalized spacial score (nSPS) is 10.0. The molecule has 0 spiro atoms. The Labute approximate surface area is 89.5 Å². The molecule has 0 aromatic carbocycles. The lowest BCUT2D eigenvalue weighted by Gasteiger charge is -1.99. The zero-order chi connectivity index (χ0) is 11.1. The summed E-state index contributed by atoms with van der Waals surface area (Å²) in [6.45, 7) is 4.62. The molecule has 0 radical (unpaired) electrons. The Kier molecular flexibility index (Phi) is 4.66. The van der Waals surface area contributed by atoms with Crippen LogP contribution in [0.4, 0.5) is 4.79 Å². The highest BCUT2D eigenvalue weighted by Crippen LogP contribution is 1.90. The van der Waals surface area contributed by atoms with Gasteiger partial charge in [0.2, 0.25) is 0 Å². The van der Waals surface area contributed by atoms with Gasteiger partial charge in [-0.3, -0.25) is 5.32 Å². The van der Waals surface area contributed by atoms with E-state index < -0.39 is 0 Å². The number of amides is 1. The van der Waals surface area contributed by atoms with E-state index in [-0.39, 0.29) is 6.03 Å². The summed E-state index contributed by atoms with van der Waals surface area (Å²) in [5.74, 6) is 0. The first-order valence-corrected chi connectivity index (χ1v) is 5.23. The highest BCUT2D eigenvalue weighted by molar-refractivity contribution is 5.63. The molecule has 0 saturated carbocycles. The molecule has 0 aliphatic heterocycles. The molecule has 1 aromatic heterocycles. The summed E-state index contributed by atoms with van der Waals surface area (Å²) < 4.78 is 1.22. The Morgan fingerprint density at radius 3 is 3.00 bits per heavy atom. The van der Waals surface area contributed by atoms with Crippen molar-refractivity contribution in [2.75, 3.05) is 6.54 Å². The number of unbranched alkanes of at least 4 members (excludes halogenated alkanes) is 2. The van der Waals surface area contributed by atoms with Gasteiger partial charge in [-0.05, 0) is 13.3 Å². The molecular formula is C10H17N4O+. The maximum absolute atomic E-state index is 11.5. The van der Waals surface area contributed by atoms with E-state index in [9.17, 15) is 4.79 Å². The first-order chi connectivity index (χ1) is 7.24. The van der Waals surface area contributed by atoms with Gasteiger partial charge in [0.25, 0.3) is 6.33 Å². The molecule has 0 atom stereocenters. The van der Waals surface area contributed by atoms with E-state index in [0.717, 1.165) is 25.0 Å². The van der Waals surface area contributed by atoms with Crippen molar-refractivity contribution in [1.82, 2.24) is 15.4 Å². The predicted octanol–water partition coefficient (Wildman–Crippen LogP) is 0.820. The van der Waals surface area contributed by atoms with Crippen LogP contribution in [0.25, 0.3) is 0 Å². The number of aromatic nitrogens is 3. The fraction of sp³-hybridized carbons (Fsp3) is 0.600. The lowest BCUT2D eigenvalue weighted by Crippen LogP contribution is -2.53. The van der Waals surface area contributed by atoms with Gasteiger partial charge < -0.3 is 0 Å². The van der Waals surface area contributed by atoms with Gasteiger partial charge in [-0.1, -0.05) is 24.4 Å². The first-order valence-electron chi connectivity index (χ1n) is 5.23. The molecule has 1 amide bonds. The van der Waals surface area contributed by atoms with E-state index in [1.54, 1.807) is 13.1 Å². The number of nitrogens with zero attached hydrogens (tertiary/aromatic N) is 3. The molecule has 82 valence electrons. The van der Waals surface area contributed by atoms with Crippen LogP contribution in [-0.2, 0) is 0 Å². The van der Waals surface area contributed by atoms with Crippen LogP contribution in [0, 0.1) is 6.92 Å². The number of aryl methyl sites for hydroxylation is 1. The van der Waals surface area contributed by atoms with Crippen molar-refractivity contribution in [2.24, 2.45) is 0 Å². The van der Waals surface area contributed by atoms with Crippen LogP contribution < -0.4 is 10.00 Å². The number of hydrogen-bond donors (Lipinski definition) is 1. The Morgan fingerprint density at radius 2 is 2.33 bits per heavy atom. The fourth-order valence-corrected chi connectivity index (χ4v) is 1.18. The van der Waals surface area contributed by atoms with Crippen LogP contribution in [-0.4, -0.2) is 22.7 Å². The lowest BCUT2D eigenvalue weighted by molar-refractivity contribution is -0.640. The van der Waals surface area contributed by atoms with Crippen molar-refractivity contribution < 1.29 is 9.48 Å². The number of carbonyl (C=O) groups is 1. The van der Waals surface area contributed by atoms with Gasteiger partial charge >= 0.3 is 6.03 Å². The second-order valence-electron chi connectivity index (χ2n) is 3.42. The average molecular weight is 209 g/mol. The Morgan fingerprint density at radius 1 is 1.53 bits per heavy atom. The zero-order valence-electron chi connectivity index (χ0n) is 9.23. The first kappa shape index (κ1) is 11.6. The van der Waals surface area contributed by atoms with Crippen LogP contribution in [0.1, 0.15) is 31.9 Å². The van der Waals surface area contributed by atoms with Gasteiger partial charge in [0, 0.05) is 0 Å². The minimum Gasteiger partial charge on any atom is -0.269 e. The third-order valence-corrected chi connectivity index (χ3v) is 1.97. The van der Waals surface area contributed by atoms with E-state index in [4.69, 9.17) is 0 Å². The summed E-state index contributed by atoms with van der Waals surface area (Å²) in [6, 6.07) is -0.220. The molecule has 0 fully saturated rings. The molecule has 1 rings (SSSR count). The van der Waals surface area contributed by atoms with Gasteiger partial charge in [-0.15, -0.1) is 10.1 Å². The molecule has 0 aliphatic carbocycles. The second kappa shape index (κ2) is 6.06. The second-order valence-corrected chi connectivity index (χ2v) is 3.42. The van der Waals surface area contributed by atoms with Crippen LogP contribution in [0.5, 0.6) is 0 Å². The topological polar surface area (TPSA) is 58.8 Å². The lowest BCUT2D eigenvalue weighted by atomic mass is 10.2. The van der Waals surface area contributed by atoms with Gasteiger partial charge in [0.15, 0.2) is 0 Å². The summed E-state index contributed by atoms with van der Waals surface area (Å²) in [5.41, 5.74) is 0.723. The molecule has 0 aliphatic rings. The molecule has 1 aromatic rings. The molecule has 0 saturated heterocycles. The smallest absolute Gasteiger partial charge is 0.269 e. The predicted molar refractivity (Wildman–Crippen MR) is 55.3 cm³/mol. The van der Waals surface area contributed by atoms with Crippen LogP contribution >= 0.6 is 0 Å². The number of rotatable bonds is 4. The van der Waals surface area contributed by atoms with E-state index in [1.807, 2.05) is 0 Å². The SMILES string of the molecule is CCCCCNC(=O)[n+]1cncc(C)n1. The number of carbonyl (C=O) groups excluding carboxylic acids is 1. The Bertz CT molecular complexity index is 327. The van der Waals surface area contributed by atoms with Crippen LogP contribution in [0.2, 0.25) is 0 Å². The highest BCUT2D eigenvalue weighted by Gasteiger charge is 2.11. The van der Waals surface area contributed by atoms with E-state index in [2.05, 4.69) is 22.3 Å². The third kappa shape index (κ3) is 4.01. The van der Waals surface area contributed by atoms with Gasteiger partial charge in [0.05, 0.1) is 6.54 Å². The summed E-state index contributed by atoms with van der Waals surface area (Å²) >= 11 is 0. The molecule has 0 unspecified atom stereocenters. The number of nitrogens with one attached hydrogen (secondary N) is 1. The summed E-state index contributed by atoms with van der Waals surface area (Å²) in [6.07, 6.45) is 6.29. The summed E-state index contributed by atoms with van der Waals surface area (Å²) in [4.78, 5) is 15.4. The van der Waals surface area contributed by atoms with Crippen molar-refractivity contribution in [3.8, 4) is 0 Å². The van der Waals surface area contributed by atoms with Crippen LogP contribution in [0.3, 0.4) is 0 Å². The monoisotopic (exact) mass is 209 g/mol. The van der Waals surface area contributed by atoms with E-state index in [0.29, 0.717) is 6.54 Å². The maximum Gasteiger partial charge on any atom is 0.460 e. The number of hydrogen-bond acceptors (Lipinski definition) is 3. The molecule has 1 heterocycles. The zero-order valence-corrected chi connectivity index (χ0v) is 9.23. The highest BCUT2D eigenvalue weighted by atomic mass is 16.2. The summed E-state index contributed by atoms with van der Waals surface area (Å²) in [7, 11) is 0. The summed E-state index contributed by atoms with van der Waals surface area (Å²) in [5, 5.41) is 6.80. The standard InChI is InChI=1S/C10H16N4O/c1-3-4-5-6-12-10(15)14-8-11-7-9(2)13-14/h7-8H,3-6H2,1-2H3/p+1. The third-order valence-electron chi connectivity index (χ3n) is 1.97. The molecule has 15 heavy (non-hydrogen) atoms. The molecule has 5 nitrogen and oxygen atoms in total. The van der Waals surface area contributed by atoms with Crippen molar-refractivity contribution in [3.63, 3.8) is 0 Å². The minimum atomic E-state index is -0.220. The van der Waals surface area contributed by atoms with E-state index in [1.165, 1.54) is 11.0 Å². The van der Waals surface area contributed by atoms with Crippen molar-refractivity contribution in [3.05, 3.63) is 18.2 Å². The largest absolute Gasteiger partial charge is 0.460 e. The Balaban J connectivity index is 2.40. The average Bonchev–Trinajstić information content (AvgIpc) is 2.24. The maximum atomic E-state index is 11.5. The van der Waals surface area contributed by atoms with Gasteiger partial charge in [-0.2, -0.15) is 0 Å². The van der Waals surface area contributed by atoms with E-state index >= 15 is 0 Å². The van der Waals surface area contributed by atoms with Crippen molar-refractivity contribution in [2.45, 2.75) is 33.1 Å². The molecule has 1 N–H and O–H groups in total. The fourth-order valence-electron chi connectivity index (χ4n) is 1.18. The van der Waals surface area contributed by atoms with Crippen molar-refractivity contribution in [1.29, 1.82) is 0 Å². The van der Waals surface area contributed by atoms with Crippen LogP contribution in [0.15, 0.2) is 12.5 Å². The van der Waals surface area contributed by atoms with Gasteiger partial charge in [-0.25, -0.2) is 4.79 Å². The quantitative estimate of drug-likeness (QED) is 0.590. The minimum absolute atomic E-state index is 0.220.